The largest absolute Gasteiger partial charge is 0.490 e. The molecule has 1 atom stereocenters. The van der Waals surface area contributed by atoms with Crippen LogP contribution in [0.15, 0.2) is 24.3 Å². The predicted molar refractivity (Wildman–Crippen MR) is 83.7 cm³/mol. The van der Waals surface area contributed by atoms with E-state index in [1.165, 1.54) is 4.90 Å². The molecule has 0 radical (unpaired) electrons. The summed E-state index contributed by atoms with van der Waals surface area (Å²) in [6.07, 6.45) is -0.0169. The second kappa shape index (κ2) is 7.89. The van der Waals surface area contributed by atoms with Crippen LogP contribution in [0.2, 0.25) is 0 Å². The molecular weight excluding hydrogens is 284 g/mol. The zero-order chi connectivity index (χ0) is 15.9. The lowest BCUT2D eigenvalue weighted by molar-refractivity contribution is 0.124. The Bertz CT molecular complexity index is 493. The number of ether oxygens (including phenoxy) is 2. The first-order valence-electron chi connectivity index (χ1n) is 7.66. The van der Waals surface area contributed by atoms with Gasteiger partial charge < -0.3 is 24.8 Å². The van der Waals surface area contributed by atoms with Crippen molar-refractivity contribution in [3.05, 3.63) is 24.3 Å². The molecule has 1 aliphatic heterocycles. The van der Waals surface area contributed by atoms with E-state index in [1.807, 2.05) is 38.1 Å². The fourth-order valence-corrected chi connectivity index (χ4v) is 2.42. The van der Waals surface area contributed by atoms with Crippen LogP contribution in [0, 0.1) is 0 Å². The van der Waals surface area contributed by atoms with Crippen molar-refractivity contribution >= 4 is 6.09 Å². The number of amides is 1. The molecule has 1 aromatic rings. The highest BCUT2D eigenvalue weighted by molar-refractivity contribution is 5.65. The zero-order valence-electron chi connectivity index (χ0n) is 13.1. The van der Waals surface area contributed by atoms with Crippen molar-refractivity contribution < 1.29 is 19.4 Å². The summed E-state index contributed by atoms with van der Waals surface area (Å²) in [5, 5.41) is 12.4. The van der Waals surface area contributed by atoms with E-state index in [0.717, 1.165) is 17.9 Å². The Hall–Kier alpha value is -1.95. The molecule has 0 aliphatic carbocycles. The van der Waals surface area contributed by atoms with Crippen LogP contribution in [-0.2, 0) is 0 Å². The van der Waals surface area contributed by atoms with Gasteiger partial charge in [0.05, 0.1) is 12.7 Å². The summed E-state index contributed by atoms with van der Waals surface area (Å²) in [5.74, 6) is 1.46. The Morgan fingerprint density at radius 3 is 2.82 bits per heavy atom. The SMILES string of the molecule is CC(C)Oc1ccccc1OCC[C@@H]1CN(C(=O)O)CCN1. The predicted octanol–water partition coefficient (Wildman–Crippen LogP) is 2.19. The Labute approximate surface area is 131 Å². The molecule has 1 saturated heterocycles. The number of nitrogens with one attached hydrogen (secondary N) is 1. The van der Waals surface area contributed by atoms with Crippen molar-refractivity contribution in [2.45, 2.75) is 32.4 Å². The summed E-state index contributed by atoms with van der Waals surface area (Å²) < 4.78 is 11.5. The van der Waals surface area contributed by atoms with Crippen LogP contribution in [0.1, 0.15) is 20.3 Å². The molecule has 1 aromatic carbocycles. The standard InChI is InChI=1S/C16H24N2O4/c1-12(2)22-15-6-4-3-5-14(15)21-10-7-13-11-18(16(19)20)9-8-17-13/h3-6,12-13,17H,7-11H2,1-2H3,(H,19,20)/t13-/m1/s1. The van der Waals surface area contributed by atoms with Crippen LogP contribution >= 0.6 is 0 Å². The molecule has 6 heteroatoms. The fraction of sp³-hybridized carbons (Fsp3) is 0.562. The lowest BCUT2D eigenvalue weighted by atomic mass is 10.1. The average molecular weight is 308 g/mol. The molecule has 1 aliphatic rings. The number of carboxylic acid groups (broad SMARTS) is 1. The molecule has 0 unspecified atom stereocenters. The van der Waals surface area contributed by atoms with Gasteiger partial charge in [-0.2, -0.15) is 0 Å². The summed E-state index contributed by atoms with van der Waals surface area (Å²) in [4.78, 5) is 12.4. The highest BCUT2D eigenvalue weighted by Crippen LogP contribution is 2.27. The fourth-order valence-electron chi connectivity index (χ4n) is 2.42. The van der Waals surface area contributed by atoms with Gasteiger partial charge in [0.1, 0.15) is 0 Å². The number of nitrogens with zero attached hydrogens (tertiary/aromatic N) is 1. The van der Waals surface area contributed by atoms with Gasteiger partial charge in [0.25, 0.3) is 0 Å². The van der Waals surface area contributed by atoms with Gasteiger partial charge in [0.15, 0.2) is 11.5 Å². The average Bonchev–Trinajstić information content (AvgIpc) is 2.49. The van der Waals surface area contributed by atoms with Gasteiger partial charge in [-0.15, -0.1) is 0 Å². The number of para-hydroxylation sites is 2. The van der Waals surface area contributed by atoms with E-state index in [-0.39, 0.29) is 12.1 Å². The molecule has 122 valence electrons. The van der Waals surface area contributed by atoms with Crippen LogP contribution < -0.4 is 14.8 Å². The van der Waals surface area contributed by atoms with E-state index in [0.29, 0.717) is 26.2 Å². The summed E-state index contributed by atoms with van der Waals surface area (Å²) >= 11 is 0. The van der Waals surface area contributed by atoms with Crippen molar-refractivity contribution in [3.8, 4) is 11.5 Å². The van der Waals surface area contributed by atoms with E-state index >= 15 is 0 Å². The molecule has 1 amide bonds. The third-order valence-electron chi connectivity index (χ3n) is 3.46. The zero-order valence-corrected chi connectivity index (χ0v) is 13.1. The monoisotopic (exact) mass is 308 g/mol. The number of piperazine rings is 1. The summed E-state index contributed by atoms with van der Waals surface area (Å²) in [6.45, 7) is 6.20. The molecule has 2 N–H and O–H groups in total. The van der Waals surface area contributed by atoms with E-state index in [1.54, 1.807) is 0 Å². The molecule has 1 heterocycles. The van der Waals surface area contributed by atoms with Gasteiger partial charge in [0, 0.05) is 25.7 Å². The smallest absolute Gasteiger partial charge is 0.407 e. The lowest BCUT2D eigenvalue weighted by Crippen LogP contribution is -2.52. The van der Waals surface area contributed by atoms with E-state index in [2.05, 4.69) is 5.32 Å². The van der Waals surface area contributed by atoms with Crippen molar-refractivity contribution in [1.82, 2.24) is 10.2 Å². The Balaban J connectivity index is 1.82. The molecular formula is C16H24N2O4. The molecule has 6 nitrogen and oxygen atoms in total. The molecule has 22 heavy (non-hydrogen) atoms. The Morgan fingerprint density at radius 2 is 2.14 bits per heavy atom. The Kier molecular flexibility index (Phi) is 5.89. The second-order valence-electron chi connectivity index (χ2n) is 5.63. The number of carbonyl (C=O) groups is 1. The first-order chi connectivity index (χ1) is 10.6. The number of hydrogen-bond acceptors (Lipinski definition) is 4. The minimum Gasteiger partial charge on any atom is -0.490 e. The highest BCUT2D eigenvalue weighted by atomic mass is 16.5. The molecule has 0 spiro atoms. The topological polar surface area (TPSA) is 71.0 Å². The van der Waals surface area contributed by atoms with Gasteiger partial charge in [-0.05, 0) is 32.4 Å². The van der Waals surface area contributed by atoms with Gasteiger partial charge in [-0.1, -0.05) is 12.1 Å². The van der Waals surface area contributed by atoms with Crippen LogP contribution in [0.4, 0.5) is 4.79 Å². The minimum atomic E-state index is -0.858. The van der Waals surface area contributed by atoms with Crippen molar-refractivity contribution in [1.29, 1.82) is 0 Å². The van der Waals surface area contributed by atoms with Crippen LogP contribution in [-0.4, -0.2) is 54.5 Å². The first kappa shape index (κ1) is 16.4. The van der Waals surface area contributed by atoms with Crippen LogP contribution in [0.25, 0.3) is 0 Å². The number of rotatable bonds is 6. The maximum absolute atomic E-state index is 11.0. The second-order valence-corrected chi connectivity index (χ2v) is 5.63. The Morgan fingerprint density at radius 1 is 1.41 bits per heavy atom. The third-order valence-corrected chi connectivity index (χ3v) is 3.46. The normalized spacial score (nSPS) is 18.3. The maximum atomic E-state index is 11.0. The van der Waals surface area contributed by atoms with E-state index < -0.39 is 6.09 Å². The van der Waals surface area contributed by atoms with Crippen LogP contribution in [0.3, 0.4) is 0 Å². The van der Waals surface area contributed by atoms with Crippen molar-refractivity contribution in [2.75, 3.05) is 26.2 Å². The van der Waals surface area contributed by atoms with Crippen molar-refractivity contribution in [2.24, 2.45) is 0 Å². The molecule has 1 fully saturated rings. The van der Waals surface area contributed by atoms with E-state index in [4.69, 9.17) is 14.6 Å². The lowest BCUT2D eigenvalue weighted by Gasteiger charge is -2.31. The molecule has 0 saturated carbocycles. The quantitative estimate of drug-likeness (QED) is 0.843. The summed E-state index contributed by atoms with van der Waals surface area (Å²) in [5.41, 5.74) is 0. The number of hydrogen-bond donors (Lipinski definition) is 2. The minimum absolute atomic E-state index is 0.0916. The first-order valence-corrected chi connectivity index (χ1v) is 7.66. The van der Waals surface area contributed by atoms with Crippen LogP contribution in [0.5, 0.6) is 11.5 Å². The third kappa shape index (κ3) is 4.80. The van der Waals surface area contributed by atoms with Gasteiger partial charge in [-0.3, -0.25) is 0 Å². The van der Waals surface area contributed by atoms with Gasteiger partial charge in [0.2, 0.25) is 0 Å². The summed E-state index contributed by atoms with van der Waals surface area (Å²) in [7, 11) is 0. The number of benzene rings is 1. The maximum Gasteiger partial charge on any atom is 0.407 e. The molecule has 2 rings (SSSR count). The molecule has 0 aromatic heterocycles. The van der Waals surface area contributed by atoms with Gasteiger partial charge >= 0.3 is 6.09 Å². The van der Waals surface area contributed by atoms with Crippen molar-refractivity contribution in [3.63, 3.8) is 0 Å². The van der Waals surface area contributed by atoms with Gasteiger partial charge in [-0.25, -0.2) is 4.79 Å². The van der Waals surface area contributed by atoms with E-state index in [9.17, 15) is 4.79 Å². The summed E-state index contributed by atoms with van der Waals surface area (Å²) in [6, 6.07) is 7.73. The molecule has 0 bridgehead atoms. The highest BCUT2D eigenvalue weighted by Gasteiger charge is 2.22.